The van der Waals surface area contributed by atoms with Crippen molar-refractivity contribution < 1.29 is 0 Å². The van der Waals surface area contributed by atoms with Crippen LogP contribution in [-0.4, -0.2) is 9.97 Å². The maximum Gasteiger partial charge on any atom is 0.132 e. The summed E-state index contributed by atoms with van der Waals surface area (Å²) in [7, 11) is 0. The lowest BCUT2D eigenvalue weighted by molar-refractivity contribution is 0.277. The third-order valence-electron chi connectivity index (χ3n) is 4.04. The van der Waals surface area contributed by atoms with Gasteiger partial charge in [0.05, 0.1) is 0 Å². The first kappa shape index (κ1) is 14.7. The van der Waals surface area contributed by atoms with Gasteiger partial charge in [-0.15, -0.1) is 0 Å². The van der Waals surface area contributed by atoms with Crippen LogP contribution in [0.25, 0.3) is 0 Å². The van der Waals surface area contributed by atoms with Crippen LogP contribution in [0.15, 0.2) is 34.9 Å². The first-order chi connectivity index (χ1) is 9.93. The maximum absolute atomic E-state index is 6.26. The quantitative estimate of drug-likeness (QED) is 0.900. The second kappa shape index (κ2) is 5.50. The van der Waals surface area contributed by atoms with E-state index in [-0.39, 0.29) is 11.5 Å². The molecule has 1 aliphatic rings. The van der Waals surface area contributed by atoms with Gasteiger partial charge in [-0.2, -0.15) is 0 Å². The third-order valence-corrected chi connectivity index (χ3v) is 4.57. The van der Waals surface area contributed by atoms with Crippen LogP contribution in [0, 0.1) is 5.41 Å². The van der Waals surface area contributed by atoms with Crippen LogP contribution in [0.2, 0.25) is 0 Å². The predicted octanol–water partition coefficient (Wildman–Crippen LogP) is 3.80. The minimum absolute atomic E-state index is 0.0606. The molecule has 3 rings (SSSR count). The Morgan fingerprint density at radius 3 is 2.71 bits per heavy atom. The third kappa shape index (κ3) is 3.33. The Bertz CT molecular complexity index is 650. The molecule has 4 heteroatoms. The number of halogens is 1. The highest BCUT2D eigenvalue weighted by Gasteiger charge is 2.31. The second-order valence-electron chi connectivity index (χ2n) is 6.64. The Balaban J connectivity index is 1.87. The summed E-state index contributed by atoms with van der Waals surface area (Å²) >= 11 is 3.45. The number of rotatable bonds is 2. The lowest BCUT2D eigenvalue weighted by atomic mass is 9.74. The molecule has 2 N–H and O–H groups in total. The lowest BCUT2D eigenvalue weighted by Gasteiger charge is -2.34. The molecule has 1 aromatic heterocycles. The summed E-state index contributed by atoms with van der Waals surface area (Å²) in [5.74, 6) is 0.876. The van der Waals surface area contributed by atoms with Crippen molar-refractivity contribution in [1.82, 2.24) is 9.97 Å². The highest BCUT2D eigenvalue weighted by molar-refractivity contribution is 9.10. The van der Waals surface area contributed by atoms with Crippen LogP contribution < -0.4 is 5.73 Å². The van der Waals surface area contributed by atoms with Crippen molar-refractivity contribution in [1.29, 1.82) is 0 Å². The predicted molar refractivity (Wildman–Crippen MR) is 88.0 cm³/mol. The molecule has 3 nitrogen and oxygen atoms in total. The summed E-state index contributed by atoms with van der Waals surface area (Å²) in [6, 6.07) is 8.36. The van der Waals surface area contributed by atoms with Crippen LogP contribution in [-0.2, 0) is 12.8 Å². The van der Waals surface area contributed by atoms with Gasteiger partial charge in [0, 0.05) is 34.4 Å². The summed E-state index contributed by atoms with van der Waals surface area (Å²) in [5.41, 5.74) is 9.94. The van der Waals surface area contributed by atoms with E-state index in [0.29, 0.717) is 0 Å². The Kier molecular flexibility index (Phi) is 3.84. The Hall–Kier alpha value is -1.26. The lowest BCUT2D eigenvalue weighted by Crippen LogP contribution is -2.31. The van der Waals surface area contributed by atoms with Crippen LogP contribution in [0.3, 0.4) is 0 Å². The Labute approximate surface area is 134 Å². The van der Waals surface area contributed by atoms with Gasteiger partial charge in [-0.05, 0) is 36.0 Å². The normalized spacial score (nSPS) is 20.1. The molecule has 2 aromatic rings. The summed E-state index contributed by atoms with van der Waals surface area (Å²) in [5, 5.41) is 0. The molecule has 1 unspecified atom stereocenters. The number of nitrogens with two attached hydrogens (primary N) is 1. The van der Waals surface area contributed by atoms with E-state index in [0.717, 1.165) is 40.8 Å². The van der Waals surface area contributed by atoms with Gasteiger partial charge in [0.25, 0.3) is 0 Å². The zero-order chi connectivity index (χ0) is 15.0. The number of hydrogen-bond acceptors (Lipinski definition) is 3. The van der Waals surface area contributed by atoms with E-state index >= 15 is 0 Å². The van der Waals surface area contributed by atoms with Crippen molar-refractivity contribution in [2.24, 2.45) is 11.1 Å². The van der Waals surface area contributed by atoms with E-state index in [4.69, 9.17) is 10.7 Å². The van der Waals surface area contributed by atoms with E-state index < -0.39 is 0 Å². The molecule has 1 aliphatic carbocycles. The van der Waals surface area contributed by atoms with Crippen molar-refractivity contribution in [3.8, 4) is 0 Å². The average Bonchev–Trinajstić information content (AvgIpc) is 2.39. The number of aromatic nitrogens is 2. The maximum atomic E-state index is 6.26. The van der Waals surface area contributed by atoms with E-state index in [2.05, 4.69) is 46.9 Å². The van der Waals surface area contributed by atoms with E-state index in [9.17, 15) is 0 Å². The first-order valence-electron chi connectivity index (χ1n) is 7.28. The van der Waals surface area contributed by atoms with Gasteiger partial charge in [0.1, 0.15) is 5.82 Å². The van der Waals surface area contributed by atoms with Gasteiger partial charge in [0.2, 0.25) is 0 Å². The molecule has 1 aromatic carbocycles. The average molecular weight is 346 g/mol. The fourth-order valence-electron chi connectivity index (χ4n) is 3.02. The van der Waals surface area contributed by atoms with E-state index in [1.807, 2.05) is 18.3 Å². The minimum Gasteiger partial charge on any atom is -0.324 e. The monoisotopic (exact) mass is 345 g/mol. The molecule has 0 spiro atoms. The van der Waals surface area contributed by atoms with Crippen LogP contribution >= 0.6 is 15.9 Å². The van der Waals surface area contributed by atoms with E-state index in [1.54, 1.807) is 0 Å². The summed E-state index contributed by atoms with van der Waals surface area (Å²) in [4.78, 5) is 9.28. The van der Waals surface area contributed by atoms with E-state index in [1.165, 1.54) is 5.56 Å². The highest BCUT2D eigenvalue weighted by atomic mass is 79.9. The summed E-state index contributed by atoms with van der Waals surface area (Å²) < 4.78 is 1.09. The molecular formula is C17H20BrN3. The molecule has 0 bridgehead atoms. The molecule has 0 saturated carbocycles. The largest absolute Gasteiger partial charge is 0.324 e. The zero-order valence-corrected chi connectivity index (χ0v) is 14.0. The van der Waals surface area contributed by atoms with Crippen molar-refractivity contribution in [2.45, 2.75) is 39.2 Å². The Morgan fingerprint density at radius 1 is 1.29 bits per heavy atom. The summed E-state index contributed by atoms with van der Waals surface area (Å²) in [6.45, 7) is 4.51. The highest BCUT2D eigenvalue weighted by Crippen LogP contribution is 2.38. The van der Waals surface area contributed by atoms with Gasteiger partial charge in [-0.25, -0.2) is 9.97 Å². The van der Waals surface area contributed by atoms with Crippen LogP contribution in [0.5, 0.6) is 0 Å². The van der Waals surface area contributed by atoms with Crippen LogP contribution in [0.4, 0.5) is 0 Å². The second-order valence-corrected chi connectivity index (χ2v) is 7.56. The molecule has 1 heterocycles. The molecule has 0 aliphatic heterocycles. The number of nitrogens with zero attached hydrogens (tertiary/aromatic N) is 2. The van der Waals surface area contributed by atoms with Gasteiger partial charge >= 0.3 is 0 Å². The molecule has 0 radical (unpaired) electrons. The van der Waals surface area contributed by atoms with Gasteiger partial charge < -0.3 is 5.73 Å². The van der Waals surface area contributed by atoms with Crippen molar-refractivity contribution in [2.75, 3.05) is 0 Å². The van der Waals surface area contributed by atoms with Crippen molar-refractivity contribution >= 4 is 15.9 Å². The number of fused-ring (bicyclic) bond motifs is 1. The smallest absolute Gasteiger partial charge is 0.132 e. The SMILES string of the molecule is CC1(C)Cc2nc(Cc3ccc(Br)cc3)ncc2C(N)C1. The fraction of sp³-hybridized carbons (Fsp3) is 0.412. The van der Waals surface area contributed by atoms with Crippen molar-refractivity contribution in [3.63, 3.8) is 0 Å². The summed E-state index contributed by atoms with van der Waals surface area (Å²) in [6.07, 6.45) is 4.66. The zero-order valence-electron chi connectivity index (χ0n) is 12.4. The molecule has 1 atom stereocenters. The molecule has 0 fully saturated rings. The molecule has 110 valence electrons. The Morgan fingerprint density at radius 2 is 2.00 bits per heavy atom. The number of hydrogen-bond donors (Lipinski definition) is 1. The standard InChI is InChI=1S/C17H20BrN3/c1-17(2)8-14(19)13-10-20-16(21-15(13)9-17)7-11-3-5-12(18)6-4-11/h3-6,10,14H,7-9,19H2,1-2H3. The number of benzene rings is 1. The first-order valence-corrected chi connectivity index (χ1v) is 8.07. The van der Waals surface area contributed by atoms with Gasteiger partial charge in [-0.1, -0.05) is 41.9 Å². The molecular weight excluding hydrogens is 326 g/mol. The molecule has 0 saturated heterocycles. The minimum atomic E-state index is 0.0606. The molecule has 21 heavy (non-hydrogen) atoms. The van der Waals surface area contributed by atoms with Crippen molar-refractivity contribution in [3.05, 3.63) is 57.6 Å². The topological polar surface area (TPSA) is 51.8 Å². The van der Waals surface area contributed by atoms with Gasteiger partial charge in [-0.3, -0.25) is 0 Å². The van der Waals surface area contributed by atoms with Crippen LogP contribution in [0.1, 0.15) is 49.0 Å². The van der Waals surface area contributed by atoms with Gasteiger partial charge in [0.15, 0.2) is 0 Å². The molecule has 0 amide bonds. The fourth-order valence-corrected chi connectivity index (χ4v) is 3.28.